The minimum Gasteiger partial charge on any atom is -0.469 e. The van der Waals surface area contributed by atoms with Crippen LogP contribution in [0.4, 0.5) is 0 Å². The molecule has 3 rings (SSSR count). The normalized spacial score (nSPS) is 37.1. The molecule has 0 amide bonds. The smallest absolute Gasteiger partial charge is 0.309 e. The minimum atomic E-state index is -1.24. The number of ether oxygens (including phenoxy) is 4. The Labute approximate surface area is 94.3 Å². The molecule has 0 atom stereocenters. The number of esters is 1. The molecule has 3 aliphatic heterocycles. The second kappa shape index (κ2) is 3.84. The van der Waals surface area contributed by atoms with Crippen LogP contribution in [0.1, 0.15) is 13.3 Å². The number of hydrogen-bond donors (Lipinski definition) is 0. The van der Waals surface area contributed by atoms with Gasteiger partial charge in [0.05, 0.1) is 33.4 Å². The van der Waals surface area contributed by atoms with Gasteiger partial charge in [0.1, 0.15) is 0 Å². The molecule has 5 nitrogen and oxygen atoms in total. The number of carbonyl (C=O) groups excluding carboxylic acids is 1. The summed E-state index contributed by atoms with van der Waals surface area (Å²) in [7, 11) is 1.33. The predicted molar refractivity (Wildman–Crippen MR) is 54.5 cm³/mol. The first kappa shape index (κ1) is 11.6. The van der Waals surface area contributed by atoms with Gasteiger partial charge in [0, 0.05) is 11.0 Å². The van der Waals surface area contributed by atoms with Gasteiger partial charge < -0.3 is 18.9 Å². The Hall–Kier alpha value is -0.910. The van der Waals surface area contributed by atoms with E-state index in [1.54, 1.807) is 0 Å². The van der Waals surface area contributed by atoms with Gasteiger partial charge in [-0.05, 0) is 0 Å². The molecule has 0 aromatic heterocycles. The summed E-state index contributed by atoms with van der Waals surface area (Å²) in [5, 5.41) is 0. The summed E-state index contributed by atoms with van der Waals surface area (Å²) in [5.74, 6) is -1.62. The van der Waals surface area contributed by atoms with Crippen molar-refractivity contribution in [2.45, 2.75) is 19.3 Å². The predicted octanol–water partition coefficient (Wildman–Crippen LogP) is 0.843. The van der Waals surface area contributed by atoms with Crippen LogP contribution >= 0.6 is 0 Å². The molecule has 0 aromatic rings. The summed E-state index contributed by atoms with van der Waals surface area (Å²) in [5.41, 5.74) is 0.355. The molecule has 3 heterocycles. The van der Waals surface area contributed by atoms with Gasteiger partial charge in [-0.25, -0.2) is 0 Å². The number of carbonyl (C=O) groups is 1. The summed E-state index contributed by atoms with van der Waals surface area (Å²) in [6.07, 6.45) is 0.0349. The third-order valence-corrected chi connectivity index (χ3v) is 2.85. The average molecular weight is 228 g/mol. The van der Waals surface area contributed by atoms with Gasteiger partial charge in [0.25, 0.3) is 0 Å². The highest BCUT2D eigenvalue weighted by molar-refractivity contribution is 5.72. The molecule has 3 aliphatic rings. The highest BCUT2D eigenvalue weighted by atomic mass is 16.9. The molecule has 90 valence electrons. The Morgan fingerprint density at radius 1 is 1.31 bits per heavy atom. The molecule has 0 spiro atoms. The zero-order valence-electron chi connectivity index (χ0n) is 9.58. The summed E-state index contributed by atoms with van der Waals surface area (Å²) in [6.45, 7) is 7.45. The Balaban J connectivity index is 2.04. The van der Waals surface area contributed by atoms with Gasteiger partial charge in [0.2, 0.25) is 0 Å². The molecule has 3 fully saturated rings. The maximum Gasteiger partial charge on any atom is 0.309 e. The van der Waals surface area contributed by atoms with E-state index in [1.807, 2.05) is 6.92 Å². The van der Waals surface area contributed by atoms with E-state index in [4.69, 9.17) is 14.2 Å². The van der Waals surface area contributed by atoms with Crippen LogP contribution in [0.2, 0.25) is 0 Å². The van der Waals surface area contributed by atoms with Crippen molar-refractivity contribution in [2.75, 3.05) is 26.9 Å². The van der Waals surface area contributed by atoms with E-state index in [9.17, 15) is 4.79 Å². The average Bonchev–Trinajstić information content (AvgIpc) is 2.30. The molecule has 0 aliphatic carbocycles. The lowest BCUT2D eigenvalue weighted by atomic mass is 9.91. The van der Waals surface area contributed by atoms with Gasteiger partial charge in [-0.1, -0.05) is 13.5 Å². The van der Waals surface area contributed by atoms with Crippen LogP contribution in [-0.4, -0.2) is 38.9 Å². The third-order valence-electron chi connectivity index (χ3n) is 2.85. The van der Waals surface area contributed by atoms with Crippen LogP contribution in [-0.2, 0) is 23.7 Å². The molecule has 0 radical (unpaired) electrons. The monoisotopic (exact) mass is 228 g/mol. The molecular weight excluding hydrogens is 212 g/mol. The highest BCUT2D eigenvalue weighted by Gasteiger charge is 2.52. The SMILES string of the molecule is C=C(CC(=O)OC)C12OCC(C)(CO1)CO2. The minimum absolute atomic E-state index is 0.0349. The first-order valence-corrected chi connectivity index (χ1v) is 5.17. The van der Waals surface area contributed by atoms with Gasteiger partial charge in [-0.15, -0.1) is 0 Å². The first-order valence-electron chi connectivity index (χ1n) is 5.17. The first-order chi connectivity index (χ1) is 7.50. The molecular formula is C11H16O5. The molecule has 5 heteroatoms. The van der Waals surface area contributed by atoms with Crippen LogP contribution in [0.25, 0.3) is 0 Å². The summed E-state index contributed by atoms with van der Waals surface area (Å²) >= 11 is 0. The Kier molecular flexibility index (Phi) is 2.77. The van der Waals surface area contributed by atoms with Crippen molar-refractivity contribution in [3.8, 4) is 0 Å². The van der Waals surface area contributed by atoms with E-state index in [1.165, 1.54) is 7.11 Å². The number of hydrogen-bond acceptors (Lipinski definition) is 5. The van der Waals surface area contributed by atoms with Crippen molar-refractivity contribution in [2.24, 2.45) is 5.41 Å². The van der Waals surface area contributed by atoms with Crippen molar-refractivity contribution >= 4 is 5.97 Å². The van der Waals surface area contributed by atoms with Gasteiger partial charge >= 0.3 is 11.9 Å². The summed E-state index contributed by atoms with van der Waals surface area (Å²) < 4.78 is 21.1. The zero-order chi connectivity index (χ0) is 11.8. The molecule has 0 unspecified atom stereocenters. The Bertz CT molecular complexity index is 298. The second-order valence-electron chi connectivity index (χ2n) is 4.59. The van der Waals surface area contributed by atoms with E-state index < -0.39 is 5.97 Å². The maximum absolute atomic E-state index is 11.1. The summed E-state index contributed by atoms with van der Waals surface area (Å²) in [4.78, 5) is 11.1. The highest BCUT2D eigenvalue weighted by Crippen LogP contribution is 2.42. The molecule has 2 bridgehead atoms. The van der Waals surface area contributed by atoms with Crippen molar-refractivity contribution < 1.29 is 23.7 Å². The Morgan fingerprint density at radius 2 is 1.81 bits per heavy atom. The molecule has 3 saturated heterocycles. The Morgan fingerprint density at radius 3 is 2.25 bits per heavy atom. The molecule has 0 saturated carbocycles. The fourth-order valence-corrected chi connectivity index (χ4v) is 1.72. The van der Waals surface area contributed by atoms with Crippen LogP contribution in [0.3, 0.4) is 0 Å². The lowest BCUT2D eigenvalue weighted by molar-refractivity contribution is -0.447. The van der Waals surface area contributed by atoms with Crippen molar-refractivity contribution in [3.63, 3.8) is 0 Å². The van der Waals surface area contributed by atoms with Crippen molar-refractivity contribution in [1.82, 2.24) is 0 Å². The van der Waals surface area contributed by atoms with Crippen molar-refractivity contribution in [3.05, 3.63) is 12.2 Å². The third kappa shape index (κ3) is 1.86. The van der Waals surface area contributed by atoms with Crippen LogP contribution in [0, 0.1) is 5.41 Å². The largest absolute Gasteiger partial charge is 0.469 e. The zero-order valence-corrected chi connectivity index (χ0v) is 9.58. The number of methoxy groups -OCH3 is 1. The number of fused-ring (bicyclic) bond motifs is 3. The van der Waals surface area contributed by atoms with E-state index in [-0.39, 0.29) is 17.8 Å². The molecule has 16 heavy (non-hydrogen) atoms. The van der Waals surface area contributed by atoms with Gasteiger partial charge in [-0.2, -0.15) is 0 Å². The lowest BCUT2D eigenvalue weighted by Crippen LogP contribution is -2.59. The fourth-order valence-electron chi connectivity index (χ4n) is 1.72. The van der Waals surface area contributed by atoms with Crippen molar-refractivity contribution in [1.29, 1.82) is 0 Å². The maximum atomic E-state index is 11.1. The van der Waals surface area contributed by atoms with Gasteiger partial charge in [-0.3, -0.25) is 4.79 Å². The van der Waals surface area contributed by atoms with E-state index in [0.29, 0.717) is 25.4 Å². The fraction of sp³-hybridized carbons (Fsp3) is 0.727. The standard InChI is InChI=1S/C11H16O5/c1-8(4-9(12)13-3)11-14-5-10(2,6-15-11)7-16-11/h1,4-7H2,2-3H3. The lowest BCUT2D eigenvalue weighted by Gasteiger charge is -2.50. The topological polar surface area (TPSA) is 54.0 Å². The molecule has 0 N–H and O–H groups in total. The quantitative estimate of drug-likeness (QED) is 0.529. The van der Waals surface area contributed by atoms with Crippen LogP contribution in [0.5, 0.6) is 0 Å². The van der Waals surface area contributed by atoms with E-state index in [2.05, 4.69) is 11.3 Å². The molecule has 0 aromatic carbocycles. The second-order valence-corrected chi connectivity index (χ2v) is 4.59. The van der Waals surface area contributed by atoms with Gasteiger partial charge in [0.15, 0.2) is 0 Å². The van der Waals surface area contributed by atoms with Crippen LogP contribution < -0.4 is 0 Å². The van der Waals surface area contributed by atoms with E-state index in [0.717, 1.165) is 0 Å². The van der Waals surface area contributed by atoms with E-state index >= 15 is 0 Å². The summed E-state index contributed by atoms with van der Waals surface area (Å²) in [6, 6.07) is 0. The number of rotatable bonds is 3. The van der Waals surface area contributed by atoms with Crippen LogP contribution in [0.15, 0.2) is 12.2 Å².